The molecule has 0 spiro atoms. The van der Waals surface area contributed by atoms with E-state index >= 15 is 0 Å². The molecule has 1 unspecified atom stereocenters. The quantitative estimate of drug-likeness (QED) is 0.821. The Labute approximate surface area is 106 Å². The molecule has 1 aromatic heterocycles. The monoisotopic (exact) mass is 270 g/mol. The molecule has 1 heterocycles. The first-order valence-electron chi connectivity index (χ1n) is 5.48. The van der Waals surface area contributed by atoms with Crippen LogP contribution in [0.25, 0.3) is 0 Å². The molecule has 1 atom stereocenters. The SMILES string of the molecule is CC(C#N)S(=O)(=O)N(Cc1cccs1)C1CC1. The van der Waals surface area contributed by atoms with Gasteiger partial charge in [0.15, 0.2) is 5.25 Å². The van der Waals surface area contributed by atoms with Crippen molar-refractivity contribution in [2.24, 2.45) is 0 Å². The van der Waals surface area contributed by atoms with Crippen LogP contribution in [0.1, 0.15) is 24.6 Å². The second kappa shape index (κ2) is 4.77. The van der Waals surface area contributed by atoms with Gasteiger partial charge in [0.25, 0.3) is 0 Å². The topological polar surface area (TPSA) is 61.2 Å². The molecule has 6 heteroatoms. The molecular weight excluding hydrogens is 256 g/mol. The summed E-state index contributed by atoms with van der Waals surface area (Å²) in [5, 5.41) is 9.76. The Kier molecular flexibility index (Phi) is 3.52. The highest BCUT2D eigenvalue weighted by atomic mass is 32.2. The minimum Gasteiger partial charge on any atom is -0.211 e. The summed E-state index contributed by atoms with van der Waals surface area (Å²) in [7, 11) is -3.49. The highest BCUT2D eigenvalue weighted by molar-refractivity contribution is 7.90. The third-order valence-corrected chi connectivity index (χ3v) is 5.74. The zero-order valence-electron chi connectivity index (χ0n) is 9.54. The Bertz CT molecular complexity index is 512. The van der Waals surface area contributed by atoms with Crippen molar-refractivity contribution < 1.29 is 8.42 Å². The largest absolute Gasteiger partial charge is 0.230 e. The fourth-order valence-corrected chi connectivity index (χ4v) is 3.88. The van der Waals surface area contributed by atoms with E-state index in [1.807, 2.05) is 23.6 Å². The van der Waals surface area contributed by atoms with Gasteiger partial charge in [-0.25, -0.2) is 8.42 Å². The van der Waals surface area contributed by atoms with Crippen molar-refractivity contribution >= 4 is 21.4 Å². The van der Waals surface area contributed by atoms with Gasteiger partial charge in [-0.2, -0.15) is 9.57 Å². The molecule has 1 fully saturated rings. The Morgan fingerprint density at radius 3 is 2.82 bits per heavy atom. The molecule has 2 rings (SSSR count). The fraction of sp³-hybridized carbons (Fsp3) is 0.545. The van der Waals surface area contributed by atoms with E-state index in [0.717, 1.165) is 17.7 Å². The van der Waals surface area contributed by atoms with E-state index in [-0.39, 0.29) is 6.04 Å². The van der Waals surface area contributed by atoms with Crippen molar-refractivity contribution in [3.63, 3.8) is 0 Å². The van der Waals surface area contributed by atoms with E-state index in [2.05, 4.69) is 0 Å². The van der Waals surface area contributed by atoms with Gasteiger partial charge in [0.2, 0.25) is 10.0 Å². The molecule has 0 bridgehead atoms. The molecule has 1 aliphatic rings. The zero-order chi connectivity index (χ0) is 12.5. The summed E-state index contributed by atoms with van der Waals surface area (Å²) in [6.45, 7) is 1.84. The molecule has 1 saturated carbocycles. The third-order valence-electron chi connectivity index (χ3n) is 2.80. The lowest BCUT2D eigenvalue weighted by Crippen LogP contribution is -2.37. The van der Waals surface area contributed by atoms with Crippen molar-refractivity contribution in [2.75, 3.05) is 0 Å². The van der Waals surface area contributed by atoms with Gasteiger partial charge in [0, 0.05) is 17.5 Å². The van der Waals surface area contributed by atoms with Gasteiger partial charge >= 0.3 is 0 Å². The Morgan fingerprint density at radius 1 is 1.65 bits per heavy atom. The van der Waals surface area contributed by atoms with Crippen LogP contribution in [0.3, 0.4) is 0 Å². The van der Waals surface area contributed by atoms with E-state index in [0.29, 0.717) is 6.54 Å². The van der Waals surface area contributed by atoms with Crippen molar-refractivity contribution in [3.8, 4) is 6.07 Å². The minimum absolute atomic E-state index is 0.0953. The standard InChI is InChI=1S/C11H14N2O2S2/c1-9(7-12)17(14,15)13(10-4-5-10)8-11-3-2-6-16-11/h2-3,6,9-10H,4-5,8H2,1H3. The maximum atomic E-state index is 12.2. The lowest BCUT2D eigenvalue weighted by atomic mass is 10.4. The average Bonchev–Trinajstić information content (AvgIpc) is 3.01. The van der Waals surface area contributed by atoms with Crippen molar-refractivity contribution in [1.82, 2.24) is 4.31 Å². The van der Waals surface area contributed by atoms with E-state index in [4.69, 9.17) is 5.26 Å². The number of sulfonamides is 1. The van der Waals surface area contributed by atoms with E-state index < -0.39 is 15.3 Å². The molecule has 17 heavy (non-hydrogen) atoms. The lowest BCUT2D eigenvalue weighted by Gasteiger charge is -2.22. The molecule has 92 valence electrons. The summed E-state index contributed by atoms with van der Waals surface area (Å²) in [5.41, 5.74) is 0. The number of thiophene rings is 1. The number of hydrogen-bond acceptors (Lipinski definition) is 4. The van der Waals surface area contributed by atoms with Gasteiger partial charge in [-0.1, -0.05) is 6.07 Å². The number of nitrogens with zero attached hydrogens (tertiary/aromatic N) is 2. The lowest BCUT2D eigenvalue weighted by molar-refractivity contribution is 0.399. The summed E-state index contributed by atoms with van der Waals surface area (Å²) < 4.78 is 25.8. The van der Waals surface area contributed by atoms with Crippen LogP contribution in [0.15, 0.2) is 17.5 Å². The van der Waals surface area contributed by atoms with Crippen LogP contribution in [-0.4, -0.2) is 24.0 Å². The average molecular weight is 270 g/mol. The number of hydrogen-bond donors (Lipinski definition) is 0. The van der Waals surface area contributed by atoms with Crippen molar-refractivity contribution in [1.29, 1.82) is 5.26 Å². The molecule has 0 saturated heterocycles. The predicted octanol–water partition coefficient (Wildman–Crippen LogP) is 1.95. The first-order chi connectivity index (χ1) is 8.05. The maximum absolute atomic E-state index is 12.2. The van der Waals surface area contributed by atoms with Gasteiger partial charge in [-0.05, 0) is 31.2 Å². The summed E-state index contributed by atoms with van der Waals surface area (Å²) in [6, 6.07) is 5.75. The molecule has 0 aliphatic heterocycles. The molecule has 1 aliphatic carbocycles. The van der Waals surface area contributed by atoms with Crippen LogP contribution in [0.2, 0.25) is 0 Å². The Balaban J connectivity index is 2.21. The molecule has 0 aromatic carbocycles. The van der Waals surface area contributed by atoms with Gasteiger partial charge in [-0.3, -0.25) is 0 Å². The number of nitriles is 1. The van der Waals surface area contributed by atoms with Crippen LogP contribution < -0.4 is 0 Å². The van der Waals surface area contributed by atoms with Gasteiger partial charge in [-0.15, -0.1) is 11.3 Å². The summed E-state index contributed by atoms with van der Waals surface area (Å²) in [5.74, 6) is 0. The van der Waals surface area contributed by atoms with Crippen LogP contribution in [0.5, 0.6) is 0 Å². The van der Waals surface area contributed by atoms with E-state index in [1.165, 1.54) is 11.2 Å². The molecule has 1 aromatic rings. The van der Waals surface area contributed by atoms with Gasteiger partial charge in [0.1, 0.15) is 0 Å². The van der Waals surface area contributed by atoms with Crippen LogP contribution >= 0.6 is 11.3 Å². The van der Waals surface area contributed by atoms with E-state index in [1.54, 1.807) is 11.3 Å². The zero-order valence-corrected chi connectivity index (χ0v) is 11.2. The maximum Gasteiger partial charge on any atom is 0.230 e. The Morgan fingerprint density at radius 2 is 2.35 bits per heavy atom. The van der Waals surface area contributed by atoms with Crippen molar-refractivity contribution in [2.45, 2.75) is 37.6 Å². The van der Waals surface area contributed by atoms with Crippen LogP contribution in [0, 0.1) is 11.3 Å². The highest BCUT2D eigenvalue weighted by Crippen LogP contribution is 2.32. The summed E-state index contributed by atoms with van der Waals surface area (Å²) in [4.78, 5) is 1.02. The normalized spacial score (nSPS) is 17.9. The minimum atomic E-state index is -3.49. The van der Waals surface area contributed by atoms with Gasteiger partial charge < -0.3 is 0 Å². The number of rotatable bonds is 5. The second-order valence-corrected chi connectivity index (χ2v) is 7.41. The van der Waals surface area contributed by atoms with Crippen LogP contribution in [-0.2, 0) is 16.6 Å². The molecule has 4 nitrogen and oxygen atoms in total. The predicted molar refractivity (Wildman–Crippen MR) is 66.9 cm³/mol. The highest BCUT2D eigenvalue weighted by Gasteiger charge is 2.40. The fourth-order valence-electron chi connectivity index (χ4n) is 1.62. The third kappa shape index (κ3) is 2.68. The Hall–Kier alpha value is -0.900. The molecule has 0 radical (unpaired) electrons. The molecule has 0 amide bonds. The van der Waals surface area contributed by atoms with Gasteiger partial charge in [0.05, 0.1) is 6.07 Å². The van der Waals surface area contributed by atoms with Crippen molar-refractivity contribution in [3.05, 3.63) is 22.4 Å². The first-order valence-corrected chi connectivity index (χ1v) is 7.86. The first kappa shape index (κ1) is 12.6. The summed E-state index contributed by atoms with van der Waals surface area (Å²) in [6.07, 6.45) is 1.81. The smallest absolute Gasteiger partial charge is 0.211 e. The molecule has 0 N–H and O–H groups in total. The van der Waals surface area contributed by atoms with E-state index in [9.17, 15) is 8.42 Å². The second-order valence-electron chi connectivity index (χ2n) is 4.17. The summed E-state index contributed by atoms with van der Waals surface area (Å²) >= 11 is 1.54. The van der Waals surface area contributed by atoms with Crippen LogP contribution in [0.4, 0.5) is 0 Å². The molecular formula is C11H14N2O2S2.